The molecule has 3 saturated carbocycles. The third-order valence-electron chi connectivity index (χ3n) is 8.31. The first-order chi connectivity index (χ1) is 18.3. The Bertz CT molecular complexity index is 1620. The van der Waals surface area contributed by atoms with E-state index in [-0.39, 0.29) is 40.6 Å². The molecule has 2 bridgehead atoms. The number of aromatic amines is 1. The van der Waals surface area contributed by atoms with Crippen molar-refractivity contribution in [3.63, 3.8) is 0 Å². The van der Waals surface area contributed by atoms with Crippen LogP contribution in [-0.2, 0) is 11.3 Å². The molecule has 5 N–H and O–H groups in total. The van der Waals surface area contributed by atoms with E-state index in [1.54, 1.807) is 24.3 Å². The molecule has 3 amide bonds. The number of carbonyl (C=O) groups is 3. The Morgan fingerprint density at radius 1 is 1.03 bits per heavy atom. The number of nitrogens with two attached hydrogens (primary N) is 1. The second-order valence-electron chi connectivity index (χ2n) is 10.5. The lowest BCUT2D eigenvalue weighted by atomic mass is 9.53. The zero-order valence-corrected chi connectivity index (χ0v) is 20.6. The largest absolute Gasteiger partial charge is 0.417 e. The molecule has 38 heavy (non-hydrogen) atoms. The van der Waals surface area contributed by atoms with Crippen molar-refractivity contribution in [2.75, 3.05) is 6.54 Å². The zero-order chi connectivity index (χ0) is 26.5. The highest BCUT2D eigenvalue weighted by atomic mass is 16.4. The molecule has 0 radical (unpaired) electrons. The molecule has 0 spiro atoms. The molecule has 12 nitrogen and oxygen atoms in total. The van der Waals surface area contributed by atoms with Crippen molar-refractivity contribution in [1.82, 2.24) is 30.2 Å². The maximum absolute atomic E-state index is 13.3. The molecule has 0 atom stereocenters. The van der Waals surface area contributed by atoms with Crippen LogP contribution in [0.25, 0.3) is 16.7 Å². The molecular weight excluding hydrogens is 490 g/mol. The van der Waals surface area contributed by atoms with Crippen LogP contribution in [0.4, 0.5) is 0 Å². The van der Waals surface area contributed by atoms with Gasteiger partial charge in [-0.05, 0) is 61.6 Å². The van der Waals surface area contributed by atoms with Crippen molar-refractivity contribution < 1.29 is 18.8 Å². The molecule has 196 valence electrons. The van der Waals surface area contributed by atoms with Gasteiger partial charge in [0.15, 0.2) is 11.2 Å². The zero-order valence-electron chi connectivity index (χ0n) is 20.6. The standard InChI is InChI=1S/C26H27N7O5/c27-23(36)26-7-4-25(5-8-26,6-9-26)14-29-22(35)18-12-17(31-20-3-10-30-33(18)20)21(34)28-13-15-1-2-19-16(11-15)32-24(37)38-19/h1-3,10-12H,4-9,13-14H2,(H2,27,36)(H,28,34)(H,29,35)(H,32,37). The second kappa shape index (κ2) is 8.82. The van der Waals surface area contributed by atoms with Crippen LogP contribution in [0, 0.1) is 10.8 Å². The SMILES string of the molecule is NC(=O)C12CCC(CNC(=O)c3cc(C(=O)NCc4ccc5oc(=O)[nH]c5c4)nc4ccnn34)(CC1)CC2. The predicted octanol–water partition coefficient (Wildman–Crippen LogP) is 1.65. The second-order valence-corrected chi connectivity index (χ2v) is 10.5. The lowest BCUT2D eigenvalue weighted by Crippen LogP contribution is -2.52. The number of hydrogen-bond donors (Lipinski definition) is 4. The molecule has 0 saturated heterocycles. The van der Waals surface area contributed by atoms with Crippen molar-refractivity contribution in [3.8, 4) is 0 Å². The van der Waals surface area contributed by atoms with Crippen LogP contribution in [0.5, 0.6) is 0 Å². The van der Waals surface area contributed by atoms with E-state index in [0.29, 0.717) is 23.3 Å². The molecule has 0 aliphatic heterocycles. The van der Waals surface area contributed by atoms with Gasteiger partial charge in [0.05, 0.1) is 11.7 Å². The van der Waals surface area contributed by atoms with Crippen molar-refractivity contribution in [2.24, 2.45) is 16.6 Å². The molecule has 3 aliphatic rings. The smallest absolute Gasteiger partial charge is 0.408 e. The number of H-pyrrole nitrogens is 1. The van der Waals surface area contributed by atoms with E-state index in [1.807, 2.05) is 0 Å². The van der Waals surface area contributed by atoms with Gasteiger partial charge in [-0.1, -0.05) is 6.07 Å². The Kier molecular flexibility index (Phi) is 5.55. The van der Waals surface area contributed by atoms with Crippen LogP contribution in [-0.4, -0.2) is 43.8 Å². The van der Waals surface area contributed by atoms with E-state index in [1.165, 1.54) is 16.8 Å². The fourth-order valence-corrected chi connectivity index (χ4v) is 5.83. The number of rotatable bonds is 7. The predicted molar refractivity (Wildman–Crippen MR) is 135 cm³/mol. The molecule has 0 unspecified atom stereocenters. The van der Waals surface area contributed by atoms with Crippen LogP contribution in [0.3, 0.4) is 0 Å². The Labute approximate surface area is 216 Å². The first-order valence-electron chi connectivity index (χ1n) is 12.6. The van der Waals surface area contributed by atoms with Crippen molar-refractivity contribution in [2.45, 2.75) is 45.1 Å². The molecule has 3 aromatic heterocycles. The average molecular weight is 518 g/mol. The lowest BCUT2D eigenvalue weighted by Gasteiger charge is -2.52. The molecule has 12 heteroatoms. The van der Waals surface area contributed by atoms with Crippen LogP contribution < -0.4 is 22.1 Å². The minimum Gasteiger partial charge on any atom is -0.408 e. The number of oxazole rings is 1. The summed E-state index contributed by atoms with van der Waals surface area (Å²) >= 11 is 0. The van der Waals surface area contributed by atoms with Crippen LogP contribution in [0.15, 0.2) is 45.7 Å². The molecule has 3 aliphatic carbocycles. The monoisotopic (exact) mass is 517 g/mol. The summed E-state index contributed by atoms with van der Waals surface area (Å²) in [5.74, 6) is -1.56. The summed E-state index contributed by atoms with van der Waals surface area (Å²) in [4.78, 5) is 56.5. The number of amides is 3. The van der Waals surface area contributed by atoms with Crippen molar-refractivity contribution in [3.05, 3.63) is 64.0 Å². The van der Waals surface area contributed by atoms with Gasteiger partial charge < -0.3 is 20.8 Å². The van der Waals surface area contributed by atoms with Gasteiger partial charge in [0.1, 0.15) is 11.4 Å². The van der Waals surface area contributed by atoms with E-state index in [2.05, 4.69) is 25.7 Å². The highest BCUT2D eigenvalue weighted by Crippen LogP contribution is 2.56. The molecule has 3 heterocycles. The highest BCUT2D eigenvalue weighted by molar-refractivity contribution is 5.98. The van der Waals surface area contributed by atoms with Gasteiger partial charge in [0.25, 0.3) is 11.8 Å². The number of fused-ring (bicyclic) bond motifs is 5. The molecule has 7 rings (SSSR count). The van der Waals surface area contributed by atoms with Crippen molar-refractivity contribution >= 4 is 34.5 Å². The Balaban J connectivity index is 1.16. The summed E-state index contributed by atoms with van der Waals surface area (Å²) in [6.07, 6.45) is 6.31. The van der Waals surface area contributed by atoms with Gasteiger partial charge in [0, 0.05) is 30.6 Å². The van der Waals surface area contributed by atoms with Gasteiger partial charge in [-0.15, -0.1) is 0 Å². The normalized spacial score (nSPS) is 22.5. The third-order valence-corrected chi connectivity index (χ3v) is 8.31. The summed E-state index contributed by atoms with van der Waals surface area (Å²) in [6.45, 7) is 0.664. The molecule has 1 aromatic carbocycles. The van der Waals surface area contributed by atoms with Crippen LogP contribution >= 0.6 is 0 Å². The van der Waals surface area contributed by atoms with Gasteiger partial charge in [-0.25, -0.2) is 14.3 Å². The molecule has 4 aromatic rings. The third kappa shape index (κ3) is 4.11. The summed E-state index contributed by atoms with van der Waals surface area (Å²) < 4.78 is 6.41. The fourth-order valence-electron chi connectivity index (χ4n) is 5.83. The highest BCUT2D eigenvalue weighted by Gasteiger charge is 2.51. The minimum absolute atomic E-state index is 0.0519. The first kappa shape index (κ1) is 23.9. The van der Waals surface area contributed by atoms with Crippen molar-refractivity contribution in [1.29, 1.82) is 0 Å². The number of primary amides is 1. The Morgan fingerprint density at radius 2 is 1.79 bits per heavy atom. The van der Waals surface area contributed by atoms with E-state index < -0.39 is 11.7 Å². The summed E-state index contributed by atoms with van der Waals surface area (Å²) in [5.41, 5.74) is 7.61. The summed E-state index contributed by atoms with van der Waals surface area (Å²) in [6, 6.07) is 8.17. The average Bonchev–Trinajstić information content (AvgIpc) is 3.56. The molecule has 3 fully saturated rings. The van der Waals surface area contributed by atoms with E-state index >= 15 is 0 Å². The van der Waals surface area contributed by atoms with Gasteiger partial charge in [-0.2, -0.15) is 5.10 Å². The summed E-state index contributed by atoms with van der Waals surface area (Å²) in [7, 11) is 0. The number of nitrogens with one attached hydrogen (secondary N) is 3. The molecular formula is C26H27N7O5. The topological polar surface area (TPSA) is 177 Å². The van der Waals surface area contributed by atoms with Crippen LogP contribution in [0.2, 0.25) is 0 Å². The van der Waals surface area contributed by atoms with Crippen LogP contribution in [0.1, 0.15) is 65.1 Å². The Morgan fingerprint density at radius 3 is 2.53 bits per heavy atom. The van der Waals surface area contributed by atoms with Gasteiger partial charge in [-0.3, -0.25) is 19.4 Å². The maximum Gasteiger partial charge on any atom is 0.417 e. The quantitative estimate of drug-likeness (QED) is 0.288. The van der Waals surface area contributed by atoms with Gasteiger partial charge >= 0.3 is 5.76 Å². The van der Waals surface area contributed by atoms with E-state index in [0.717, 1.165) is 44.1 Å². The van der Waals surface area contributed by atoms with Gasteiger partial charge in [0.2, 0.25) is 5.91 Å². The lowest BCUT2D eigenvalue weighted by molar-refractivity contribution is -0.136. The van der Waals surface area contributed by atoms with E-state index in [9.17, 15) is 19.2 Å². The number of nitrogens with zero attached hydrogens (tertiary/aromatic N) is 3. The Hall–Kier alpha value is -4.48. The fraction of sp³-hybridized carbons (Fsp3) is 0.385. The maximum atomic E-state index is 13.3. The summed E-state index contributed by atoms with van der Waals surface area (Å²) in [5, 5.41) is 10.0. The number of aromatic nitrogens is 4. The first-order valence-corrected chi connectivity index (χ1v) is 12.6. The minimum atomic E-state index is -0.546. The van der Waals surface area contributed by atoms with E-state index in [4.69, 9.17) is 10.2 Å². The number of carbonyl (C=O) groups excluding carboxylic acids is 3. The number of hydrogen-bond acceptors (Lipinski definition) is 7. The number of benzene rings is 1.